The first-order chi connectivity index (χ1) is 10.3. The van der Waals surface area contributed by atoms with Gasteiger partial charge in [-0.15, -0.1) is 0 Å². The highest BCUT2D eigenvalue weighted by Crippen LogP contribution is 2.52. The fourth-order valence-corrected chi connectivity index (χ4v) is 4.23. The van der Waals surface area contributed by atoms with E-state index in [4.69, 9.17) is 0 Å². The van der Waals surface area contributed by atoms with Gasteiger partial charge in [-0.1, -0.05) is 12.2 Å². The molecule has 0 radical (unpaired) electrons. The Kier molecular flexibility index (Phi) is 2.05. The average molecular weight is 280 g/mol. The van der Waals surface area contributed by atoms with E-state index in [9.17, 15) is 4.79 Å². The minimum atomic E-state index is -0.148. The normalized spacial score (nSPS) is 26.9. The van der Waals surface area contributed by atoms with Crippen LogP contribution in [0, 0.1) is 0 Å². The maximum atomic E-state index is 12.3. The first-order valence-electron chi connectivity index (χ1n) is 7.58. The van der Waals surface area contributed by atoms with Gasteiger partial charge in [-0.25, -0.2) is 4.98 Å². The lowest BCUT2D eigenvalue weighted by Crippen LogP contribution is -2.38. The zero-order chi connectivity index (χ0) is 14.0. The molecular weight excluding hydrogens is 264 g/mol. The third-order valence-electron chi connectivity index (χ3n) is 5.00. The molecule has 5 rings (SSSR count). The van der Waals surface area contributed by atoms with E-state index in [-0.39, 0.29) is 11.1 Å². The SMILES string of the molecule is O=c1[nH]c2c(n3ccnc13)C1(CCCN1)C1=CCCC=C12. The first-order valence-corrected chi connectivity index (χ1v) is 7.58. The smallest absolute Gasteiger partial charge is 0.292 e. The van der Waals surface area contributed by atoms with Crippen LogP contribution in [-0.2, 0) is 5.54 Å². The number of fused-ring (bicyclic) bond motifs is 7. The highest BCUT2D eigenvalue weighted by molar-refractivity contribution is 5.88. The van der Waals surface area contributed by atoms with E-state index < -0.39 is 0 Å². The van der Waals surface area contributed by atoms with E-state index in [1.165, 1.54) is 11.1 Å². The minimum absolute atomic E-state index is 0.111. The van der Waals surface area contributed by atoms with Gasteiger partial charge in [0.05, 0.1) is 16.9 Å². The van der Waals surface area contributed by atoms with Crippen LogP contribution in [0.2, 0.25) is 0 Å². The number of hydrogen-bond donors (Lipinski definition) is 2. The molecule has 3 aliphatic rings. The molecule has 2 aliphatic carbocycles. The second-order valence-electron chi connectivity index (χ2n) is 6.05. The van der Waals surface area contributed by atoms with E-state index in [0.29, 0.717) is 5.65 Å². The summed E-state index contributed by atoms with van der Waals surface area (Å²) in [5, 5.41) is 3.71. The molecular formula is C16H16N4O. The van der Waals surface area contributed by atoms with Crippen molar-refractivity contribution in [3.63, 3.8) is 0 Å². The summed E-state index contributed by atoms with van der Waals surface area (Å²) in [5.74, 6) is 0. The fourth-order valence-electron chi connectivity index (χ4n) is 4.23. The Labute approximate surface area is 121 Å². The molecule has 1 saturated heterocycles. The lowest BCUT2D eigenvalue weighted by Gasteiger charge is -2.28. The van der Waals surface area contributed by atoms with Gasteiger partial charge in [0.15, 0.2) is 0 Å². The number of hydrogen-bond acceptors (Lipinski definition) is 3. The van der Waals surface area contributed by atoms with Gasteiger partial charge in [0.1, 0.15) is 0 Å². The van der Waals surface area contributed by atoms with Crippen LogP contribution in [0.1, 0.15) is 37.1 Å². The number of H-pyrrole nitrogens is 1. The Morgan fingerprint density at radius 3 is 3.05 bits per heavy atom. The van der Waals surface area contributed by atoms with E-state index >= 15 is 0 Å². The van der Waals surface area contributed by atoms with Gasteiger partial charge in [-0.3, -0.25) is 9.20 Å². The van der Waals surface area contributed by atoms with Crippen LogP contribution in [0.4, 0.5) is 0 Å². The number of aromatic nitrogens is 3. The average Bonchev–Trinajstić information content (AvgIpc) is 3.21. The molecule has 0 saturated carbocycles. The summed E-state index contributed by atoms with van der Waals surface area (Å²) in [6.45, 7) is 1.01. The zero-order valence-corrected chi connectivity index (χ0v) is 11.6. The molecule has 106 valence electrons. The van der Waals surface area contributed by atoms with Gasteiger partial charge in [0, 0.05) is 18.0 Å². The summed E-state index contributed by atoms with van der Waals surface area (Å²) in [6, 6.07) is 0. The van der Waals surface area contributed by atoms with Gasteiger partial charge >= 0.3 is 0 Å². The fraction of sp³-hybridized carbons (Fsp3) is 0.375. The number of rotatable bonds is 0. The predicted octanol–water partition coefficient (Wildman–Crippen LogP) is 1.72. The summed E-state index contributed by atoms with van der Waals surface area (Å²) in [7, 11) is 0. The van der Waals surface area contributed by atoms with Crippen molar-refractivity contribution in [1.82, 2.24) is 19.7 Å². The molecule has 0 bridgehead atoms. The van der Waals surface area contributed by atoms with Gasteiger partial charge < -0.3 is 10.3 Å². The number of aromatic amines is 1. The van der Waals surface area contributed by atoms with E-state index in [0.717, 1.165) is 43.6 Å². The molecule has 1 unspecified atom stereocenters. The molecule has 5 nitrogen and oxygen atoms in total. The Hall–Kier alpha value is -2.14. The van der Waals surface area contributed by atoms with Crippen molar-refractivity contribution in [1.29, 1.82) is 0 Å². The van der Waals surface area contributed by atoms with Crippen molar-refractivity contribution >= 4 is 11.2 Å². The molecule has 1 atom stereocenters. The van der Waals surface area contributed by atoms with Crippen LogP contribution in [0.15, 0.2) is 34.9 Å². The molecule has 0 aromatic carbocycles. The van der Waals surface area contributed by atoms with E-state index in [1.54, 1.807) is 6.20 Å². The van der Waals surface area contributed by atoms with Gasteiger partial charge in [-0.05, 0) is 37.8 Å². The number of nitrogens with zero attached hydrogens (tertiary/aromatic N) is 2. The van der Waals surface area contributed by atoms with Gasteiger partial charge in [0.2, 0.25) is 5.65 Å². The zero-order valence-electron chi connectivity index (χ0n) is 11.6. The second-order valence-corrected chi connectivity index (χ2v) is 6.05. The maximum Gasteiger partial charge on any atom is 0.292 e. The maximum absolute atomic E-state index is 12.3. The highest BCUT2D eigenvalue weighted by atomic mass is 16.1. The van der Waals surface area contributed by atoms with Crippen molar-refractivity contribution in [2.45, 2.75) is 31.2 Å². The molecule has 2 aromatic rings. The van der Waals surface area contributed by atoms with Crippen LogP contribution < -0.4 is 10.9 Å². The summed E-state index contributed by atoms with van der Waals surface area (Å²) in [6.07, 6.45) is 12.6. The number of allylic oxidation sites excluding steroid dienone is 2. The standard InChI is InChI=1S/C16H16N4O/c21-15-14-17-8-9-20(14)13-12(19-15)10-4-1-2-5-11(10)16(13)6-3-7-18-16/h4-5,8-9,18H,1-3,6-7H2,(H,19,21). The first kappa shape index (κ1) is 11.5. The molecule has 0 amide bonds. The van der Waals surface area contributed by atoms with Crippen LogP contribution in [0.3, 0.4) is 0 Å². The molecule has 2 N–H and O–H groups in total. The third-order valence-corrected chi connectivity index (χ3v) is 5.00. The lowest BCUT2D eigenvalue weighted by atomic mass is 9.85. The Bertz CT molecular complexity index is 877. The third kappa shape index (κ3) is 1.25. The number of imidazole rings is 1. The van der Waals surface area contributed by atoms with Gasteiger partial charge in [0.25, 0.3) is 5.56 Å². The molecule has 3 heterocycles. The van der Waals surface area contributed by atoms with E-state index in [2.05, 4.69) is 27.4 Å². The molecule has 5 heteroatoms. The monoisotopic (exact) mass is 280 g/mol. The second kappa shape index (κ2) is 3.74. The minimum Gasteiger partial charge on any atom is -0.317 e. The molecule has 21 heavy (non-hydrogen) atoms. The van der Waals surface area contributed by atoms with Crippen molar-refractivity contribution in [3.05, 3.63) is 51.9 Å². The van der Waals surface area contributed by atoms with Crippen LogP contribution >= 0.6 is 0 Å². The molecule has 1 spiro atoms. The summed E-state index contributed by atoms with van der Waals surface area (Å²) in [5.41, 5.74) is 4.92. The predicted molar refractivity (Wildman–Crippen MR) is 80.0 cm³/mol. The Morgan fingerprint density at radius 2 is 2.19 bits per heavy atom. The molecule has 1 aliphatic heterocycles. The largest absolute Gasteiger partial charge is 0.317 e. The van der Waals surface area contributed by atoms with Crippen molar-refractivity contribution in [2.75, 3.05) is 6.54 Å². The molecule has 1 fully saturated rings. The van der Waals surface area contributed by atoms with Gasteiger partial charge in [-0.2, -0.15) is 0 Å². The van der Waals surface area contributed by atoms with Crippen LogP contribution in [0.5, 0.6) is 0 Å². The quantitative estimate of drug-likeness (QED) is 0.772. The van der Waals surface area contributed by atoms with Crippen molar-refractivity contribution < 1.29 is 0 Å². The summed E-state index contributed by atoms with van der Waals surface area (Å²) in [4.78, 5) is 19.6. The van der Waals surface area contributed by atoms with Crippen molar-refractivity contribution in [3.8, 4) is 0 Å². The topological polar surface area (TPSA) is 62.2 Å². The number of nitrogens with one attached hydrogen (secondary N) is 2. The summed E-state index contributed by atoms with van der Waals surface area (Å²) < 4.78 is 1.98. The summed E-state index contributed by atoms with van der Waals surface area (Å²) >= 11 is 0. The van der Waals surface area contributed by atoms with Crippen LogP contribution in [0.25, 0.3) is 11.2 Å². The van der Waals surface area contributed by atoms with Crippen molar-refractivity contribution in [2.24, 2.45) is 0 Å². The van der Waals surface area contributed by atoms with Crippen LogP contribution in [-0.4, -0.2) is 20.9 Å². The Morgan fingerprint density at radius 1 is 1.29 bits per heavy atom. The van der Waals surface area contributed by atoms with E-state index in [1.807, 2.05) is 10.6 Å². The highest BCUT2D eigenvalue weighted by Gasteiger charge is 2.50. The Balaban J connectivity index is 1.97. The lowest BCUT2D eigenvalue weighted by molar-refractivity contribution is 0.465. The molecule has 2 aromatic heterocycles.